The molecule has 5 heteroatoms. The summed E-state index contributed by atoms with van der Waals surface area (Å²) in [6, 6.07) is 8.59. The summed E-state index contributed by atoms with van der Waals surface area (Å²) < 4.78 is 1.87. The van der Waals surface area contributed by atoms with Gasteiger partial charge in [0, 0.05) is 12.3 Å². The van der Waals surface area contributed by atoms with Crippen molar-refractivity contribution in [1.29, 1.82) is 0 Å². The molecule has 1 aliphatic carbocycles. The Morgan fingerprint density at radius 1 is 1.28 bits per heavy atom. The average Bonchev–Trinajstić information content (AvgIpc) is 2.94. The van der Waals surface area contributed by atoms with Crippen LogP contribution in [0, 0.1) is 0 Å². The Kier molecular flexibility index (Phi) is 3.09. The van der Waals surface area contributed by atoms with E-state index in [1.54, 1.807) is 11.8 Å². The first-order valence-electron chi connectivity index (χ1n) is 6.00. The van der Waals surface area contributed by atoms with Gasteiger partial charge >= 0.3 is 0 Å². The van der Waals surface area contributed by atoms with Gasteiger partial charge in [-0.05, 0) is 24.0 Å². The third-order valence-corrected chi connectivity index (χ3v) is 4.59. The average molecular weight is 261 g/mol. The smallest absolute Gasteiger partial charge is 0.191 e. The van der Waals surface area contributed by atoms with Crippen molar-refractivity contribution in [3.05, 3.63) is 41.2 Å². The van der Waals surface area contributed by atoms with Gasteiger partial charge < -0.3 is 9.67 Å². The maximum absolute atomic E-state index is 9.10. The molecule has 18 heavy (non-hydrogen) atoms. The highest BCUT2D eigenvalue weighted by atomic mass is 32.2. The van der Waals surface area contributed by atoms with Gasteiger partial charge in [0.15, 0.2) is 11.0 Å². The van der Waals surface area contributed by atoms with Crippen molar-refractivity contribution in [3.63, 3.8) is 0 Å². The number of nitrogens with zero attached hydrogens (tertiary/aromatic N) is 3. The molecule has 1 heterocycles. The van der Waals surface area contributed by atoms with Crippen LogP contribution in [0.2, 0.25) is 0 Å². The lowest BCUT2D eigenvalue weighted by Gasteiger charge is -2.07. The molecule has 1 aromatic heterocycles. The summed E-state index contributed by atoms with van der Waals surface area (Å²) in [6.07, 6.45) is 2.17. The molecule has 0 saturated carbocycles. The summed E-state index contributed by atoms with van der Waals surface area (Å²) in [4.78, 5) is 0. The van der Waals surface area contributed by atoms with Crippen LogP contribution in [0.4, 0.5) is 0 Å². The summed E-state index contributed by atoms with van der Waals surface area (Å²) in [5, 5.41) is 18.6. The minimum Gasteiger partial charge on any atom is -0.388 e. The highest BCUT2D eigenvalue weighted by Crippen LogP contribution is 2.33. The number of thioether (sulfide) groups is 1. The second kappa shape index (κ2) is 4.74. The lowest BCUT2D eigenvalue weighted by molar-refractivity contribution is 0.266. The van der Waals surface area contributed by atoms with Crippen LogP contribution in [0.5, 0.6) is 0 Å². The lowest BCUT2D eigenvalue weighted by atomic mass is 10.1. The topological polar surface area (TPSA) is 50.9 Å². The molecule has 0 atom stereocenters. The van der Waals surface area contributed by atoms with Crippen LogP contribution >= 0.6 is 11.8 Å². The van der Waals surface area contributed by atoms with E-state index in [9.17, 15) is 0 Å². The number of fused-ring (bicyclic) bond motifs is 1. The normalized spacial score (nSPS) is 15.0. The van der Waals surface area contributed by atoms with Gasteiger partial charge in [0.05, 0.1) is 0 Å². The molecule has 0 unspecified atom stereocenters. The third-order valence-electron chi connectivity index (χ3n) is 3.35. The zero-order valence-corrected chi connectivity index (χ0v) is 11.0. The van der Waals surface area contributed by atoms with Crippen LogP contribution in [0.15, 0.2) is 29.4 Å². The Bertz CT molecular complexity index is 542. The first-order valence-corrected chi connectivity index (χ1v) is 6.88. The predicted molar refractivity (Wildman–Crippen MR) is 70.4 cm³/mol. The summed E-state index contributed by atoms with van der Waals surface area (Å²) in [7, 11) is 1.90. The zero-order valence-electron chi connectivity index (χ0n) is 10.2. The first kappa shape index (κ1) is 11.7. The van der Waals surface area contributed by atoms with E-state index in [4.69, 9.17) is 5.11 Å². The van der Waals surface area contributed by atoms with Gasteiger partial charge in [-0.3, -0.25) is 0 Å². The molecule has 1 aromatic carbocycles. The minimum absolute atomic E-state index is 0.0606. The number of aliphatic hydroxyl groups excluding tert-OH is 1. The summed E-state index contributed by atoms with van der Waals surface area (Å²) in [6.45, 7) is -0.0606. The summed E-state index contributed by atoms with van der Waals surface area (Å²) in [5.41, 5.74) is 2.89. The maximum atomic E-state index is 9.10. The Morgan fingerprint density at radius 2 is 1.94 bits per heavy atom. The molecule has 94 valence electrons. The van der Waals surface area contributed by atoms with E-state index < -0.39 is 0 Å². The molecule has 1 N–H and O–H groups in total. The van der Waals surface area contributed by atoms with E-state index in [2.05, 4.69) is 34.5 Å². The standard InChI is InChI=1S/C13H15N3OS/c1-16-12(8-17)14-15-13(16)18-11-6-9-4-2-3-5-10(9)7-11/h2-5,11,17H,6-8H2,1H3. The molecule has 0 radical (unpaired) electrons. The molecule has 0 bridgehead atoms. The van der Waals surface area contributed by atoms with Crippen molar-refractivity contribution >= 4 is 11.8 Å². The Balaban J connectivity index is 1.74. The van der Waals surface area contributed by atoms with Gasteiger partial charge in [0.2, 0.25) is 0 Å². The maximum Gasteiger partial charge on any atom is 0.191 e. The van der Waals surface area contributed by atoms with Crippen LogP contribution < -0.4 is 0 Å². The SMILES string of the molecule is Cn1c(CO)nnc1SC1Cc2ccccc2C1. The van der Waals surface area contributed by atoms with Gasteiger partial charge in [-0.25, -0.2) is 0 Å². The largest absolute Gasteiger partial charge is 0.388 e. The van der Waals surface area contributed by atoms with Crippen LogP contribution in [0.1, 0.15) is 17.0 Å². The summed E-state index contributed by atoms with van der Waals surface area (Å²) >= 11 is 1.75. The predicted octanol–water partition coefficient (Wildman–Crippen LogP) is 1.57. The van der Waals surface area contributed by atoms with Crippen LogP contribution in [-0.2, 0) is 26.5 Å². The number of hydrogen-bond donors (Lipinski definition) is 1. The van der Waals surface area contributed by atoms with Gasteiger partial charge in [-0.15, -0.1) is 10.2 Å². The fourth-order valence-corrected chi connectivity index (χ4v) is 3.51. The highest BCUT2D eigenvalue weighted by molar-refractivity contribution is 7.99. The van der Waals surface area contributed by atoms with Crippen molar-refractivity contribution in [3.8, 4) is 0 Å². The fourth-order valence-electron chi connectivity index (χ4n) is 2.34. The Morgan fingerprint density at radius 3 is 2.50 bits per heavy atom. The van der Waals surface area contributed by atoms with Crippen LogP contribution in [0.25, 0.3) is 0 Å². The van der Waals surface area contributed by atoms with E-state index in [-0.39, 0.29) is 6.61 Å². The number of benzene rings is 1. The third kappa shape index (κ3) is 2.04. The molecule has 1 aliphatic rings. The molecule has 3 rings (SSSR count). The quantitative estimate of drug-likeness (QED) is 0.911. The highest BCUT2D eigenvalue weighted by Gasteiger charge is 2.23. The monoisotopic (exact) mass is 261 g/mol. The van der Waals surface area contributed by atoms with Crippen molar-refractivity contribution in [2.75, 3.05) is 0 Å². The zero-order chi connectivity index (χ0) is 12.5. The molecular formula is C13H15N3OS. The molecule has 0 saturated heterocycles. The number of hydrogen-bond acceptors (Lipinski definition) is 4. The van der Waals surface area contributed by atoms with Gasteiger partial charge in [0.1, 0.15) is 6.61 Å². The molecule has 2 aromatic rings. The van der Waals surface area contributed by atoms with Crippen molar-refractivity contribution < 1.29 is 5.11 Å². The van der Waals surface area contributed by atoms with E-state index >= 15 is 0 Å². The first-order chi connectivity index (χ1) is 8.78. The van der Waals surface area contributed by atoms with E-state index in [1.807, 2.05) is 11.6 Å². The molecule has 4 nitrogen and oxygen atoms in total. The van der Waals surface area contributed by atoms with Crippen molar-refractivity contribution in [1.82, 2.24) is 14.8 Å². The van der Waals surface area contributed by atoms with Crippen LogP contribution in [-0.4, -0.2) is 25.1 Å². The van der Waals surface area contributed by atoms with Gasteiger partial charge in [0.25, 0.3) is 0 Å². The number of rotatable bonds is 3. The summed E-state index contributed by atoms with van der Waals surface area (Å²) in [5.74, 6) is 0.619. The van der Waals surface area contributed by atoms with Gasteiger partial charge in [-0.1, -0.05) is 36.0 Å². The molecule has 0 spiro atoms. The van der Waals surface area contributed by atoms with Crippen LogP contribution in [0.3, 0.4) is 0 Å². The molecule has 0 aliphatic heterocycles. The fraction of sp³-hybridized carbons (Fsp3) is 0.385. The second-order valence-corrected chi connectivity index (χ2v) is 5.80. The van der Waals surface area contributed by atoms with E-state index in [0.29, 0.717) is 11.1 Å². The van der Waals surface area contributed by atoms with E-state index in [0.717, 1.165) is 18.0 Å². The van der Waals surface area contributed by atoms with Gasteiger partial charge in [-0.2, -0.15) is 0 Å². The molecule has 0 fully saturated rings. The van der Waals surface area contributed by atoms with Crippen molar-refractivity contribution in [2.45, 2.75) is 29.9 Å². The molecule has 0 amide bonds. The lowest BCUT2D eigenvalue weighted by Crippen LogP contribution is -2.05. The number of aromatic nitrogens is 3. The van der Waals surface area contributed by atoms with Crippen molar-refractivity contribution in [2.24, 2.45) is 7.05 Å². The Labute approximate surface area is 110 Å². The molecular weight excluding hydrogens is 246 g/mol. The Hall–Kier alpha value is -1.33. The minimum atomic E-state index is -0.0606. The number of aliphatic hydroxyl groups is 1. The van der Waals surface area contributed by atoms with E-state index in [1.165, 1.54) is 11.1 Å². The second-order valence-electron chi connectivity index (χ2n) is 4.53.